The number of carboxylic acids is 1. The molecular formula is C13H18ClNO3. The maximum absolute atomic E-state index is 11.1. The molecule has 0 radical (unpaired) electrons. The zero-order chi connectivity index (χ0) is 13.7. The molecule has 0 aromatic heterocycles. The Morgan fingerprint density at radius 1 is 1.50 bits per heavy atom. The van der Waals surface area contributed by atoms with Gasteiger partial charge >= 0.3 is 5.97 Å². The van der Waals surface area contributed by atoms with E-state index < -0.39 is 5.97 Å². The summed E-state index contributed by atoms with van der Waals surface area (Å²) in [5.74, 6) is -0.667. The van der Waals surface area contributed by atoms with Crippen LogP contribution in [0.3, 0.4) is 0 Å². The van der Waals surface area contributed by atoms with Gasteiger partial charge in [0.15, 0.2) is 0 Å². The zero-order valence-electron chi connectivity index (χ0n) is 10.7. The maximum Gasteiger partial charge on any atom is 0.337 e. The van der Waals surface area contributed by atoms with Gasteiger partial charge in [-0.25, -0.2) is 4.79 Å². The van der Waals surface area contributed by atoms with Crippen molar-refractivity contribution >= 4 is 23.3 Å². The van der Waals surface area contributed by atoms with E-state index in [0.29, 0.717) is 23.2 Å². The second-order valence-corrected chi connectivity index (χ2v) is 4.88. The van der Waals surface area contributed by atoms with Gasteiger partial charge in [-0.15, -0.1) is 0 Å². The monoisotopic (exact) mass is 271 g/mol. The Hall–Kier alpha value is -1.26. The van der Waals surface area contributed by atoms with E-state index in [9.17, 15) is 4.79 Å². The third-order valence-electron chi connectivity index (χ3n) is 2.70. The van der Waals surface area contributed by atoms with Gasteiger partial charge in [0.2, 0.25) is 0 Å². The van der Waals surface area contributed by atoms with Gasteiger partial charge in [-0.1, -0.05) is 25.4 Å². The van der Waals surface area contributed by atoms with E-state index in [1.807, 2.05) is 13.8 Å². The first-order chi connectivity index (χ1) is 8.45. The Balaban J connectivity index is 3.00. The number of hydrogen-bond donors (Lipinski definition) is 2. The highest BCUT2D eigenvalue weighted by Crippen LogP contribution is 2.23. The summed E-state index contributed by atoms with van der Waals surface area (Å²) in [6.07, 6.45) is 0. The Morgan fingerprint density at radius 3 is 2.67 bits per heavy atom. The lowest BCUT2D eigenvalue weighted by Crippen LogP contribution is -2.31. The van der Waals surface area contributed by atoms with E-state index in [1.165, 1.54) is 6.07 Å². The highest BCUT2D eigenvalue weighted by atomic mass is 35.5. The van der Waals surface area contributed by atoms with Crippen molar-refractivity contribution in [2.24, 2.45) is 5.92 Å². The lowest BCUT2D eigenvalue weighted by Gasteiger charge is -2.23. The molecule has 1 rings (SSSR count). The van der Waals surface area contributed by atoms with E-state index in [2.05, 4.69) is 5.32 Å². The number of carbonyl (C=O) groups is 1. The smallest absolute Gasteiger partial charge is 0.337 e. The Kier molecular flexibility index (Phi) is 5.44. The van der Waals surface area contributed by atoms with E-state index >= 15 is 0 Å². The molecule has 0 aliphatic carbocycles. The molecule has 0 amide bonds. The van der Waals surface area contributed by atoms with Crippen molar-refractivity contribution in [1.82, 2.24) is 0 Å². The third-order valence-corrected chi connectivity index (χ3v) is 2.94. The molecule has 0 fully saturated rings. The average molecular weight is 272 g/mol. The van der Waals surface area contributed by atoms with Crippen molar-refractivity contribution in [2.75, 3.05) is 19.0 Å². The summed E-state index contributed by atoms with van der Waals surface area (Å²) < 4.78 is 5.13. The summed E-state index contributed by atoms with van der Waals surface area (Å²) >= 11 is 5.90. The molecular weight excluding hydrogens is 254 g/mol. The number of hydrogen-bond acceptors (Lipinski definition) is 3. The van der Waals surface area contributed by atoms with Crippen LogP contribution in [0, 0.1) is 5.92 Å². The molecule has 0 spiro atoms. The summed E-state index contributed by atoms with van der Waals surface area (Å²) in [5.41, 5.74) is 0.729. The molecule has 0 bridgehead atoms. The molecule has 0 saturated heterocycles. The van der Waals surface area contributed by atoms with E-state index in [1.54, 1.807) is 19.2 Å². The van der Waals surface area contributed by atoms with E-state index in [0.717, 1.165) is 0 Å². The van der Waals surface area contributed by atoms with Crippen molar-refractivity contribution in [3.05, 3.63) is 28.8 Å². The van der Waals surface area contributed by atoms with E-state index in [-0.39, 0.29) is 11.6 Å². The second-order valence-electron chi connectivity index (χ2n) is 4.45. The predicted molar refractivity (Wildman–Crippen MR) is 72.5 cm³/mol. The molecule has 0 aliphatic heterocycles. The Morgan fingerprint density at radius 2 is 2.17 bits per heavy atom. The fourth-order valence-electron chi connectivity index (χ4n) is 1.60. The first-order valence-corrected chi connectivity index (χ1v) is 6.11. The summed E-state index contributed by atoms with van der Waals surface area (Å²) in [4.78, 5) is 11.1. The van der Waals surface area contributed by atoms with Crippen molar-refractivity contribution in [1.29, 1.82) is 0 Å². The van der Waals surface area contributed by atoms with Crippen molar-refractivity contribution in [3.63, 3.8) is 0 Å². The maximum atomic E-state index is 11.1. The van der Waals surface area contributed by atoms with Gasteiger partial charge in [-0.3, -0.25) is 0 Å². The molecule has 1 aromatic rings. The number of carboxylic acid groups (broad SMARTS) is 1. The van der Waals surface area contributed by atoms with Gasteiger partial charge in [0, 0.05) is 12.1 Å². The van der Waals surface area contributed by atoms with Crippen LogP contribution in [0.5, 0.6) is 0 Å². The van der Waals surface area contributed by atoms with Crippen LogP contribution in [0.1, 0.15) is 24.2 Å². The first-order valence-electron chi connectivity index (χ1n) is 5.74. The zero-order valence-corrected chi connectivity index (χ0v) is 11.5. The van der Waals surface area contributed by atoms with Gasteiger partial charge in [-0.05, 0) is 24.1 Å². The van der Waals surface area contributed by atoms with Gasteiger partial charge in [0.05, 0.1) is 23.9 Å². The third kappa shape index (κ3) is 3.89. The van der Waals surface area contributed by atoms with Crippen LogP contribution >= 0.6 is 11.6 Å². The number of methoxy groups -OCH3 is 1. The minimum atomic E-state index is -0.978. The van der Waals surface area contributed by atoms with Gasteiger partial charge in [-0.2, -0.15) is 0 Å². The van der Waals surface area contributed by atoms with Crippen molar-refractivity contribution in [2.45, 2.75) is 19.9 Å². The highest BCUT2D eigenvalue weighted by molar-refractivity contribution is 6.31. The predicted octanol–water partition coefficient (Wildman–Crippen LogP) is 3.12. The molecule has 5 heteroatoms. The average Bonchev–Trinajstić information content (AvgIpc) is 2.28. The number of benzene rings is 1. The van der Waals surface area contributed by atoms with Gasteiger partial charge in [0.25, 0.3) is 0 Å². The van der Waals surface area contributed by atoms with Crippen LogP contribution in [0.2, 0.25) is 5.02 Å². The normalized spacial score (nSPS) is 12.5. The fourth-order valence-corrected chi connectivity index (χ4v) is 1.77. The largest absolute Gasteiger partial charge is 0.478 e. The lowest BCUT2D eigenvalue weighted by atomic mass is 10.0. The first kappa shape index (κ1) is 14.8. The summed E-state index contributed by atoms with van der Waals surface area (Å²) in [6, 6.07) is 4.72. The molecule has 0 saturated carbocycles. The van der Waals surface area contributed by atoms with Crippen molar-refractivity contribution < 1.29 is 14.6 Å². The van der Waals surface area contributed by atoms with Crippen molar-refractivity contribution in [3.8, 4) is 0 Å². The standard InChI is InChI=1S/C13H18ClNO3/c1-8(2)12(7-18-3)15-11-6-9(14)4-5-10(11)13(16)17/h4-6,8,12,15H,7H2,1-3H3,(H,16,17). The molecule has 4 nitrogen and oxygen atoms in total. The topological polar surface area (TPSA) is 58.6 Å². The summed E-state index contributed by atoms with van der Waals surface area (Å²) in [7, 11) is 1.62. The Labute approximate surface area is 112 Å². The minimum absolute atomic E-state index is 0.0339. The molecule has 1 atom stereocenters. The van der Waals surface area contributed by atoms with Crippen LogP contribution in [0.25, 0.3) is 0 Å². The fraction of sp³-hybridized carbons (Fsp3) is 0.462. The Bertz CT molecular complexity index is 421. The number of ether oxygens (including phenoxy) is 1. The molecule has 1 aromatic carbocycles. The van der Waals surface area contributed by atoms with Gasteiger partial charge in [0.1, 0.15) is 0 Å². The van der Waals surface area contributed by atoms with Crippen LogP contribution in [-0.2, 0) is 4.74 Å². The van der Waals surface area contributed by atoms with Crippen LogP contribution in [0.4, 0.5) is 5.69 Å². The van der Waals surface area contributed by atoms with E-state index in [4.69, 9.17) is 21.4 Å². The molecule has 0 aliphatic rings. The quantitative estimate of drug-likeness (QED) is 0.835. The number of aromatic carboxylic acids is 1. The minimum Gasteiger partial charge on any atom is -0.478 e. The van der Waals surface area contributed by atoms with Gasteiger partial charge < -0.3 is 15.2 Å². The number of rotatable bonds is 6. The number of halogens is 1. The number of nitrogens with one attached hydrogen (secondary N) is 1. The molecule has 0 heterocycles. The summed E-state index contributed by atoms with van der Waals surface area (Å²) in [5, 5.41) is 12.8. The SMILES string of the molecule is COCC(Nc1cc(Cl)ccc1C(=O)O)C(C)C. The lowest BCUT2D eigenvalue weighted by molar-refractivity contribution is 0.0697. The van der Waals surface area contributed by atoms with Crippen LogP contribution in [-0.4, -0.2) is 30.8 Å². The summed E-state index contributed by atoms with van der Waals surface area (Å²) in [6.45, 7) is 4.59. The number of anilines is 1. The molecule has 1 unspecified atom stereocenters. The molecule has 2 N–H and O–H groups in total. The van der Waals surface area contributed by atoms with Crippen LogP contribution < -0.4 is 5.32 Å². The molecule has 18 heavy (non-hydrogen) atoms. The van der Waals surface area contributed by atoms with Crippen LogP contribution in [0.15, 0.2) is 18.2 Å². The molecule has 100 valence electrons. The highest BCUT2D eigenvalue weighted by Gasteiger charge is 2.17. The second kappa shape index (κ2) is 6.61.